The summed E-state index contributed by atoms with van der Waals surface area (Å²) in [6, 6.07) is 14.8. The van der Waals surface area contributed by atoms with Gasteiger partial charge in [0.25, 0.3) is 5.91 Å². The highest BCUT2D eigenvalue weighted by Crippen LogP contribution is 2.65. The normalized spacial score (nSPS) is 18.7. The van der Waals surface area contributed by atoms with Gasteiger partial charge in [-0.3, -0.25) is 14.5 Å². The maximum Gasteiger partial charge on any atom is 0.414 e. The average molecular weight is 670 g/mol. The van der Waals surface area contributed by atoms with Crippen molar-refractivity contribution in [2.75, 3.05) is 22.1 Å². The molecule has 2 aliphatic rings. The van der Waals surface area contributed by atoms with E-state index in [9.17, 15) is 14.4 Å². The number of anilines is 3. The summed E-state index contributed by atoms with van der Waals surface area (Å²) in [6.45, 7) is 5.92. The molecule has 0 bridgehead atoms. The lowest BCUT2D eigenvalue weighted by molar-refractivity contribution is -0.117. The van der Waals surface area contributed by atoms with Gasteiger partial charge in [0.05, 0.1) is 22.2 Å². The monoisotopic (exact) mass is 667 g/mol. The SMILES string of the molecule is CC(C)(C)OC(=O)N1CCc2cc(NC(=O)c3cc(NC(=O)[C@H]4[C@H](c5cc(Cl)cc(Cl)c5)C4(Cl)Cl)ccc3Cl)ccc21. The molecule has 0 radical (unpaired) electrons. The molecule has 1 fully saturated rings. The van der Waals surface area contributed by atoms with E-state index in [1.165, 1.54) is 12.1 Å². The Bertz CT molecular complexity index is 1580. The number of carbonyl (C=O) groups is 3. The Morgan fingerprint density at radius 3 is 2.21 bits per heavy atom. The molecule has 1 saturated carbocycles. The number of alkyl halides is 2. The molecule has 12 heteroatoms. The summed E-state index contributed by atoms with van der Waals surface area (Å²) in [6.07, 6.45) is 0.199. The molecule has 1 heterocycles. The quantitative estimate of drug-likeness (QED) is 0.266. The van der Waals surface area contributed by atoms with Crippen molar-refractivity contribution < 1.29 is 19.1 Å². The van der Waals surface area contributed by atoms with E-state index in [4.69, 9.17) is 62.7 Å². The number of carbonyl (C=O) groups excluding carboxylic acids is 3. The van der Waals surface area contributed by atoms with Gasteiger partial charge >= 0.3 is 6.09 Å². The Balaban J connectivity index is 1.27. The first-order valence-corrected chi connectivity index (χ1v) is 14.9. The maximum absolute atomic E-state index is 13.2. The third kappa shape index (κ3) is 6.46. The minimum atomic E-state index is -1.35. The molecule has 0 aromatic heterocycles. The zero-order chi connectivity index (χ0) is 30.6. The van der Waals surface area contributed by atoms with Crippen molar-refractivity contribution in [3.63, 3.8) is 0 Å². The summed E-state index contributed by atoms with van der Waals surface area (Å²) in [5, 5.41) is 6.63. The van der Waals surface area contributed by atoms with Crippen LogP contribution in [0.1, 0.15) is 48.2 Å². The number of ether oxygens (including phenoxy) is 1. The number of hydrogen-bond acceptors (Lipinski definition) is 4. The minimum Gasteiger partial charge on any atom is -0.443 e. The largest absolute Gasteiger partial charge is 0.443 e. The second-order valence-electron chi connectivity index (χ2n) is 11.2. The van der Waals surface area contributed by atoms with Crippen molar-refractivity contribution in [2.45, 2.75) is 43.0 Å². The molecular formula is C30H26Cl5N3O4. The number of nitrogens with one attached hydrogen (secondary N) is 2. The zero-order valence-electron chi connectivity index (χ0n) is 22.7. The van der Waals surface area contributed by atoms with Crippen molar-refractivity contribution in [3.8, 4) is 0 Å². The molecule has 7 nitrogen and oxygen atoms in total. The summed E-state index contributed by atoms with van der Waals surface area (Å²) in [5.41, 5.74) is 2.71. The smallest absolute Gasteiger partial charge is 0.414 e. The third-order valence-electron chi connectivity index (χ3n) is 6.91. The molecule has 0 spiro atoms. The van der Waals surface area contributed by atoms with Gasteiger partial charge in [0.2, 0.25) is 5.91 Å². The molecule has 0 saturated heterocycles. The van der Waals surface area contributed by atoms with Gasteiger partial charge in [-0.25, -0.2) is 4.79 Å². The summed E-state index contributed by atoms with van der Waals surface area (Å²) < 4.78 is 4.15. The average Bonchev–Trinajstić information content (AvgIpc) is 3.22. The van der Waals surface area contributed by atoms with Crippen LogP contribution in [0.3, 0.4) is 0 Å². The van der Waals surface area contributed by atoms with E-state index >= 15 is 0 Å². The van der Waals surface area contributed by atoms with Gasteiger partial charge in [-0.2, -0.15) is 0 Å². The first-order valence-electron chi connectivity index (χ1n) is 13.0. The molecule has 1 aliphatic heterocycles. The van der Waals surface area contributed by atoms with Crippen LogP contribution in [-0.2, 0) is 16.0 Å². The van der Waals surface area contributed by atoms with E-state index in [-0.39, 0.29) is 10.6 Å². The van der Waals surface area contributed by atoms with Crippen LogP contribution >= 0.6 is 58.0 Å². The first-order chi connectivity index (χ1) is 19.6. The second-order valence-corrected chi connectivity index (χ2v) is 13.9. The molecule has 220 valence electrons. The van der Waals surface area contributed by atoms with Crippen LogP contribution in [0.4, 0.5) is 21.9 Å². The van der Waals surface area contributed by atoms with Crippen LogP contribution < -0.4 is 15.5 Å². The van der Waals surface area contributed by atoms with Crippen LogP contribution in [0.2, 0.25) is 15.1 Å². The summed E-state index contributed by atoms with van der Waals surface area (Å²) in [4.78, 5) is 40.5. The molecule has 2 N–H and O–H groups in total. The van der Waals surface area contributed by atoms with E-state index in [1.54, 1.807) is 41.3 Å². The van der Waals surface area contributed by atoms with Crippen molar-refractivity contribution in [1.29, 1.82) is 0 Å². The Hall–Kier alpha value is -2.68. The van der Waals surface area contributed by atoms with Gasteiger partial charge < -0.3 is 15.4 Å². The van der Waals surface area contributed by atoms with E-state index in [0.29, 0.717) is 39.9 Å². The second kappa shape index (κ2) is 11.4. The number of nitrogens with zero attached hydrogens (tertiary/aromatic N) is 1. The fraction of sp³-hybridized carbons (Fsp3) is 0.300. The Kier molecular flexibility index (Phi) is 8.38. The van der Waals surface area contributed by atoms with E-state index in [2.05, 4.69) is 10.6 Å². The molecule has 3 amide bonds. The summed E-state index contributed by atoms with van der Waals surface area (Å²) >= 11 is 31.5. The summed E-state index contributed by atoms with van der Waals surface area (Å²) in [7, 11) is 0. The number of amides is 3. The molecule has 42 heavy (non-hydrogen) atoms. The van der Waals surface area contributed by atoms with Gasteiger partial charge in [0.15, 0.2) is 0 Å². The highest BCUT2D eigenvalue weighted by Gasteiger charge is 2.67. The van der Waals surface area contributed by atoms with Gasteiger partial charge in [-0.05, 0) is 92.9 Å². The topological polar surface area (TPSA) is 87.7 Å². The highest BCUT2D eigenvalue weighted by molar-refractivity contribution is 6.53. The molecule has 0 unspecified atom stereocenters. The van der Waals surface area contributed by atoms with Gasteiger partial charge in [0, 0.05) is 33.9 Å². The first kappa shape index (κ1) is 30.8. The van der Waals surface area contributed by atoms with Crippen LogP contribution in [0.5, 0.6) is 0 Å². The predicted octanol–water partition coefficient (Wildman–Crippen LogP) is 8.72. The fourth-order valence-corrected chi connectivity index (χ4v) is 6.58. The zero-order valence-corrected chi connectivity index (χ0v) is 26.5. The molecule has 2 atom stereocenters. The molecular weight excluding hydrogens is 644 g/mol. The number of halogens is 5. The highest BCUT2D eigenvalue weighted by atomic mass is 35.5. The number of benzene rings is 3. The lowest BCUT2D eigenvalue weighted by Gasteiger charge is -2.24. The number of fused-ring (bicyclic) bond motifs is 1. The van der Waals surface area contributed by atoms with E-state index < -0.39 is 39.7 Å². The summed E-state index contributed by atoms with van der Waals surface area (Å²) in [5.74, 6) is -2.18. The van der Waals surface area contributed by atoms with Crippen molar-refractivity contribution in [2.24, 2.45) is 5.92 Å². The minimum absolute atomic E-state index is 0.155. The lowest BCUT2D eigenvalue weighted by atomic mass is 10.1. The molecule has 1 aliphatic carbocycles. The standard InChI is InChI=1S/C30H26Cl5N3O4/c1-29(2,3)42-28(41)38-9-8-15-12-19(5-7-23(15)38)36-26(39)21-14-20(4-6-22(21)33)37-27(40)25-24(30(25,34)35)16-10-17(31)13-18(32)11-16/h4-7,10-14,24-25H,8-9H2,1-3H3,(H,36,39)(H,37,40)/t24-,25+/m0/s1. The van der Waals surface area contributed by atoms with Crippen LogP contribution in [0.25, 0.3) is 0 Å². The van der Waals surface area contributed by atoms with Gasteiger partial charge in [-0.15, -0.1) is 23.2 Å². The lowest BCUT2D eigenvalue weighted by Crippen LogP contribution is -2.35. The fourth-order valence-electron chi connectivity index (χ4n) is 5.00. The van der Waals surface area contributed by atoms with E-state index in [0.717, 1.165) is 11.3 Å². The van der Waals surface area contributed by atoms with Crippen molar-refractivity contribution in [3.05, 3.63) is 86.4 Å². The Labute approximate surface area is 268 Å². The van der Waals surface area contributed by atoms with Crippen molar-refractivity contribution >= 4 is 93.0 Å². The third-order valence-corrected chi connectivity index (χ3v) is 8.61. The van der Waals surface area contributed by atoms with Crippen LogP contribution in [0, 0.1) is 5.92 Å². The Morgan fingerprint density at radius 2 is 1.55 bits per heavy atom. The van der Waals surface area contributed by atoms with Gasteiger partial charge in [-0.1, -0.05) is 34.8 Å². The van der Waals surface area contributed by atoms with Crippen LogP contribution in [0.15, 0.2) is 54.6 Å². The van der Waals surface area contributed by atoms with Crippen LogP contribution in [-0.4, -0.2) is 34.4 Å². The predicted molar refractivity (Wildman–Crippen MR) is 169 cm³/mol. The number of hydrogen-bond donors (Lipinski definition) is 2. The molecule has 5 rings (SSSR count). The molecule has 3 aromatic rings. The maximum atomic E-state index is 13.2. The number of rotatable bonds is 5. The molecule has 3 aromatic carbocycles. The van der Waals surface area contributed by atoms with Gasteiger partial charge in [0.1, 0.15) is 9.93 Å². The van der Waals surface area contributed by atoms with Crippen molar-refractivity contribution in [1.82, 2.24) is 0 Å². The van der Waals surface area contributed by atoms with E-state index in [1.807, 2.05) is 26.8 Å². The Morgan fingerprint density at radius 1 is 0.905 bits per heavy atom.